The molecule has 8 nitrogen and oxygen atoms in total. The number of aryl methyl sites for hydroxylation is 1. The highest BCUT2D eigenvalue weighted by atomic mass is 16.1. The number of hydrogen-bond donors (Lipinski definition) is 2. The Balaban J connectivity index is 2.25. The number of carbonyl (C=O) groups excluding carboxylic acids is 1. The van der Waals surface area contributed by atoms with Gasteiger partial charge in [-0.2, -0.15) is 10.2 Å². The normalized spacial score (nSPS) is 10.6. The lowest BCUT2D eigenvalue weighted by Crippen LogP contribution is -2.15. The standard InChI is InChI=1S/C9H13N7O/c1-2-16-7(12-5-13-16)4-15-3-6(10)8(14-15)9(11)17/h3,5H,2,4,10H2,1H3,(H2,11,17). The van der Waals surface area contributed by atoms with E-state index in [1.54, 1.807) is 10.9 Å². The third kappa shape index (κ3) is 2.10. The summed E-state index contributed by atoms with van der Waals surface area (Å²) in [5.74, 6) is 0.101. The van der Waals surface area contributed by atoms with Gasteiger partial charge in [0.1, 0.15) is 18.7 Å². The lowest BCUT2D eigenvalue weighted by Gasteiger charge is -2.02. The molecule has 17 heavy (non-hydrogen) atoms. The van der Waals surface area contributed by atoms with Crippen molar-refractivity contribution in [2.24, 2.45) is 5.73 Å². The number of nitrogen functional groups attached to an aromatic ring is 1. The van der Waals surface area contributed by atoms with E-state index in [1.807, 2.05) is 6.92 Å². The summed E-state index contributed by atoms with van der Waals surface area (Å²) < 4.78 is 3.26. The highest BCUT2D eigenvalue weighted by molar-refractivity contribution is 5.95. The van der Waals surface area contributed by atoms with E-state index in [0.29, 0.717) is 6.54 Å². The predicted octanol–water partition coefficient (Wildman–Crippen LogP) is -0.776. The van der Waals surface area contributed by atoms with Crippen LogP contribution in [-0.2, 0) is 13.1 Å². The van der Waals surface area contributed by atoms with Crippen LogP contribution < -0.4 is 11.5 Å². The van der Waals surface area contributed by atoms with Crippen molar-refractivity contribution < 1.29 is 4.79 Å². The predicted molar refractivity (Wildman–Crippen MR) is 60.0 cm³/mol. The molecule has 0 radical (unpaired) electrons. The molecule has 8 heteroatoms. The first-order valence-corrected chi connectivity index (χ1v) is 5.11. The summed E-state index contributed by atoms with van der Waals surface area (Å²) in [5.41, 5.74) is 11.1. The molecule has 0 aromatic carbocycles. The van der Waals surface area contributed by atoms with Crippen molar-refractivity contribution in [3.63, 3.8) is 0 Å². The summed E-state index contributed by atoms with van der Waals surface area (Å²) in [7, 11) is 0. The van der Waals surface area contributed by atoms with Crippen LogP contribution in [0.3, 0.4) is 0 Å². The zero-order chi connectivity index (χ0) is 12.4. The Morgan fingerprint density at radius 3 is 2.88 bits per heavy atom. The van der Waals surface area contributed by atoms with Gasteiger partial charge in [0.25, 0.3) is 5.91 Å². The summed E-state index contributed by atoms with van der Waals surface area (Å²) >= 11 is 0. The Morgan fingerprint density at radius 2 is 2.29 bits per heavy atom. The molecule has 0 aliphatic carbocycles. The maximum Gasteiger partial charge on any atom is 0.271 e. The van der Waals surface area contributed by atoms with E-state index in [1.165, 1.54) is 11.0 Å². The van der Waals surface area contributed by atoms with Crippen molar-refractivity contribution in [3.05, 3.63) is 24.0 Å². The molecule has 90 valence electrons. The number of rotatable bonds is 4. The van der Waals surface area contributed by atoms with E-state index in [-0.39, 0.29) is 11.4 Å². The molecule has 0 bridgehead atoms. The number of primary amides is 1. The van der Waals surface area contributed by atoms with Crippen LogP contribution in [0.4, 0.5) is 5.69 Å². The molecule has 0 aliphatic rings. The van der Waals surface area contributed by atoms with Gasteiger partial charge in [0.05, 0.1) is 5.69 Å². The molecule has 2 aromatic rings. The second-order valence-electron chi connectivity index (χ2n) is 3.49. The van der Waals surface area contributed by atoms with Gasteiger partial charge in [-0.15, -0.1) is 0 Å². The molecule has 0 spiro atoms. The molecule has 0 saturated heterocycles. The van der Waals surface area contributed by atoms with E-state index in [2.05, 4.69) is 15.2 Å². The largest absolute Gasteiger partial charge is 0.396 e. The first-order valence-electron chi connectivity index (χ1n) is 5.11. The van der Waals surface area contributed by atoms with E-state index >= 15 is 0 Å². The fourth-order valence-corrected chi connectivity index (χ4v) is 1.53. The summed E-state index contributed by atoms with van der Waals surface area (Å²) in [6, 6.07) is 0. The van der Waals surface area contributed by atoms with Gasteiger partial charge in [-0.25, -0.2) is 9.67 Å². The minimum Gasteiger partial charge on any atom is -0.396 e. The van der Waals surface area contributed by atoms with Crippen LogP contribution in [0.15, 0.2) is 12.5 Å². The molecule has 0 unspecified atom stereocenters. The average Bonchev–Trinajstić information content (AvgIpc) is 2.85. The van der Waals surface area contributed by atoms with Crippen molar-refractivity contribution in [3.8, 4) is 0 Å². The van der Waals surface area contributed by atoms with Crippen molar-refractivity contribution in [2.45, 2.75) is 20.0 Å². The van der Waals surface area contributed by atoms with Crippen LogP contribution in [0.5, 0.6) is 0 Å². The third-order valence-corrected chi connectivity index (χ3v) is 2.32. The number of nitrogens with two attached hydrogens (primary N) is 2. The highest BCUT2D eigenvalue weighted by Gasteiger charge is 2.12. The van der Waals surface area contributed by atoms with Crippen LogP contribution in [0.1, 0.15) is 23.2 Å². The SMILES string of the molecule is CCn1ncnc1Cn1cc(N)c(C(N)=O)n1. The van der Waals surface area contributed by atoms with Gasteiger partial charge in [0.2, 0.25) is 0 Å². The van der Waals surface area contributed by atoms with Crippen LogP contribution in [0.25, 0.3) is 0 Å². The van der Waals surface area contributed by atoms with Crippen molar-refractivity contribution >= 4 is 11.6 Å². The summed E-state index contributed by atoms with van der Waals surface area (Å²) in [6.07, 6.45) is 3.02. The van der Waals surface area contributed by atoms with Crippen LogP contribution in [0, 0.1) is 0 Å². The fraction of sp³-hybridized carbons (Fsp3) is 0.333. The van der Waals surface area contributed by atoms with Gasteiger partial charge in [-0.05, 0) is 6.92 Å². The molecule has 0 fully saturated rings. The molecule has 1 amide bonds. The van der Waals surface area contributed by atoms with Crippen molar-refractivity contribution in [1.29, 1.82) is 0 Å². The van der Waals surface area contributed by atoms with E-state index in [9.17, 15) is 4.79 Å². The molecule has 2 rings (SSSR count). The lowest BCUT2D eigenvalue weighted by atomic mass is 10.4. The van der Waals surface area contributed by atoms with Crippen LogP contribution >= 0.6 is 0 Å². The molecular weight excluding hydrogens is 222 g/mol. The second kappa shape index (κ2) is 4.24. The van der Waals surface area contributed by atoms with E-state index in [0.717, 1.165) is 12.4 Å². The second-order valence-corrected chi connectivity index (χ2v) is 3.49. The van der Waals surface area contributed by atoms with Crippen molar-refractivity contribution in [2.75, 3.05) is 5.73 Å². The average molecular weight is 235 g/mol. The number of aromatic nitrogens is 5. The Labute approximate surface area is 97.2 Å². The van der Waals surface area contributed by atoms with Gasteiger partial charge in [0.15, 0.2) is 5.69 Å². The number of amides is 1. The maximum absolute atomic E-state index is 11.0. The smallest absolute Gasteiger partial charge is 0.271 e. The van der Waals surface area contributed by atoms with Gasteiger partial charge < -0.3 is 11.5 Å². The zero-order valence-electron chi connectivity index (χ0n) is 9.37. The van der Waals surface area contributed by atoms with Crippen molar-refractivity contribution in [1.82, 2.24) is 24.5 Å². The van der Waals surface area contributed by atoms with Crippen LogP contribution in [0.2, 0.25) is 0 Å². The molecule has 0 atom stereocenters. The quantitative estimate of drug-likeness (QED) is 0.721. The number of anilines is 1. The third-order valence-electron chi connectivity index (χ3n) is 2.32. The maximum atomic E-state index is 11.0. The Bertz CT molecular complexity index is 541. The number of nitrogens with zero attached hydrogens (tertiary/aromatic N) is 5. The van der Waals surface area contributed by atoms with Gasteiger partial charge in [0, 0.05) is 12.7 Å². The highest BCUT2D eigenvalue weighted by Crippen LogP contribution is 2.09. The van der Waals surface area contributed by atoms with Gasteiger partial charge in [-0.3, -0.25) is 9.48 Å². The number of carbonyl (C=O) groups is 1. The van der Waals surface area contributed by atoms with Gasteiger partial charge in [-0.1, -0.05) is 0 Å². The van der Waals surface area contributed by atoms with E-state index < -0.39 is 5.91 Å². The Morgan fingerprint density at radius 1 is 1.53 bits per heavy atom. The molecule has 4 N–H and O–H groups in total. The lowest BCUT2D eigenvalue weighted by molar-refractivity contribution is 0.0995. The summed E-state index contributed by atoms with van der Waals surface area (Å²) in [4.78, 5) is 15.1. The first kappa shape index (κ1) is 11.1. The fourth-order valence-electron chi connectivity index (χ4n) is 1.53. The molecule has 2 heterocycles. The molecular formula is C9H13N7O. The monoisotopic (exact) mass is 235 g/mol. The van der Waals surface area contributed by atoms with Crippen LogP contribution in [-0.4, -0.2) is 30.5 Å². The molecule has 0 saturated carbocycles. The minimum atomic E-state index is -0.641. The summed E-state index contributed by atoms with van der Waals surface area (Å²) in [5, 5.41) is 8.03. The zero-order valence-corrected chi connectivity index (χ0v) is 9.37. The first-order chi connectivity index (χ1) is 8.11. The van der Waals surface area contributed by atoms with Gasteiger partial charge >= 0.3 is 0 Å². The Hall–Kier alpha value is -2.38. The topological polar surface area (TPSA) is 118 Å². The molecule has 0 aliphatic heterocycles. The Kier molecular flexibility index (Phi) is 2.77. The summed E-state index contributed by atoms with van der Waals surface area (Å²) in [6.45, 7) is 3.07. The number of hydrogen-bond acceptors (Lipinski definition) is 5. The minimum absolute atomic E-state index is 0.0764. The van der Waals surface area contributed by atoms with E-state index in [4.69, 9.17) is 11.5 Å². The molecule has 2 aromatic heterocycles.